The first-order valence-corrected chi connectivity index (χ1v) is 6.71. The van der Waals surface area contributed by atoms with Crippen LogP contribution in [0.1, 0.15) is 24.1 Å². The molecule has 3 rings (SSSR count). The summed E-state index contributed by atoms with van der Waals surface area (Å²) in [6.07, 6.45) is 4.51. The summed E-state index contributed by atoms with van der Waals surface area (Å²) in [6.45, 7) is 2.19. The van der Waals surface area contributed by atoms with E-state index in [1.165, 1.54) is 24.1 Å². The molecule has 0 saturated carbocycles. The molecule has 1 fully saturated rings. The van der Waals surface area contributed by atoms with Gasteiger partial charge in [0, 0.05) is 24.4 Å². The minimum absolute atomic E-state index is 0.185. The molecule has 0 spiro atoms. The summed E-state index contributed by atoms with van der Waals surface area (Å²) in [6, 6.07) is 15.4. The van der Waals surface area contributed by atoms with E-state index in [2.05, 4.69) is 65.6 Å². The Labute approximate surface area is 109 Å². The van der Waals surface area contributed by atoms with E-state index in [4.69, 9.17) is 0 Å². The van der Waals surface area contributed by atoms with Crippen LogP contribution in [0.15, 0.2) is 48.7 Å². The van der Waals surface area contributed by atoms with Crippen LogP contribution in [0, 0.1) is 0 Å². The van der Waals surface area contributed by atoms with Crippen molar-refractivity contribution >= 4 is 0 Å². The summed E-state index contributed by atoms with van der Waals surface area (Å²) >= 11 is 0. The van der Waals surface area contributed by atoms with Gasteiger partial charge in [-0.1, -0.05) is 30.3 Å². The Hall–Kier alpha value is -1.54. The van der Waals surface area contributed by atoms with Gasteiger partial charge in [0.25, 0.3) is 0 Å². The van der Waals surface area contributed by atoms with E-state index in [1.54, 1.807) is 0 Å². The van der Waals surface area contributed by atoms with Crippen molar-refractivity contribution in [2.45, 2.75) is 18.3 Å². The van der Waals surface area contributed by atoms with E-state index < -0.39 is 0 Å². The molecular formula is C16H20N2. The lowest BCUT2D eigenvalue weighted by molar-refractivity contribution is 0.347. The van der Waals surface area contributed by atoms with Gasteiger partial charge in [0.05, 0.1) is 0 Å². The van der Waals surface area contributed by atoms with Gasteiger partial charge in [-0.25, -0.2) is 0 Å². The first kappa shape index (κ1) is 11.5. The Bertz CT molecular complexity index is 507. The number of aryl methyl sites for hydroxylation is 1. The van der Waals surface area contributed by atoms with Crippen LogP contribution in [0.3, 0.4) is 0 Å². The third-order valence-corrected chi connectivity index (χ3v) is 4.22. The second kappa shape index (κ2) is 4.62. The zero-order valence-electron chi connectivity index (χ0n) is 10.9. The van der Waals surface area contributed by atoms with Crippen LogP contribution in [-0.4, -0.2) is 17.7 Å². The molecule has 1 N–H and O–H groups in total. The summed E-state index contributed by atoms with van der Waals surface area (Å²) in [5, 5.41) is 3.48. The molecular weight excluding hydrogens is 220 g/mol. The van der Waals surface area contributed by atoms with Crippen molar-refractivity contribution in [3.63, 3.8) is 0 Å². The summed E-state index contributed by atoms with van der Waals surface area (Å²) in [4.78, 5) is 0. The number of hydrogen-bond donors (Lipinski definition) is 1. The Morgan fingerprint density at radius 2 is 1.72 bits per heavy atom. The van der Waals surface area contributed by atoms with E-state index in [0.29, 0.717) is 0 Å². The van der Waals surface area contributed by atoms with Crippen LogP contribution in [-0.2, 0) is 12.5 Å². The lowest BCUT2D eigenvalue weighted by Gasteiger charge is -2.38. The molecule has 1 saturated heterocycles. The van der Waals surface area contributed by atoms with Gasteiger partial charge < -0.3 is 9.88 Å². The lowest BCUT2D eigenvalue weighted by Crippen LogP contribution is -2.41. The standard InChI is InChI=1S/C16H20N2/c1-18-13-5-8-15(18)16(9-11-17-12-10-16)14-6-3-2-4-7-14/h2-8,13,17H,9-12H2,1H3. The van der Waals surface area contributed by atoms with E-state index in [1.807, 2.05) is 0 Å². The largest absolute Gasteiger partial charge is 0.354 e. The number of piperidine rings is 1. The van der Waals surface area contributed by atoms with Crippen LogP contribution >= 0.6 is 0 Å². The van der Waals surface area contributed by atoms with E-state index in [0.717, 1.165) is 13.1 Å². The molecule has 1 aliphatic rings. The van der Waals surface area contributed by atoms with Crippen LogP contribution in [0.25, 0.3) is 0 Å². The topological polar surface area (TPSA) is 17.0 Å². The molecule has 18 heavy (non-hydrogen) atoms. The van der Waals surface area contributed by atoms with Gasteiger partial charge >= 0.3 is 0 Å². The lowest BCUT2D eigenvalue weighted by atomic mass is 9.70. The van der Waals surface area contributed by atoms with Gasteiger partial charge in [0.1, 0.15) is 0 Å². The molecule has 0 unspecified atom stereocenters. The van der Waals surface area contributed by atoms with Crippen LogP contribution < -0.4 is 5.32 Å². The first-order valence-electron chi connectivity index (χ1n) is 6.71. The Morgan fingerprint density at radius 3 is 2.33 bits per heavy atom. The third-order valence-electron chi connectivity index (χ3n) is 4.22. The number of nitrogens with zero attached hydrogens (tertiary/aromatic N) is 1. The highest BCUT2D eigenvalue weighted by Crippen LogP contribution is 2.39. The summed E-state index contributed by atoms with van der Waals surface area (Å²) in [7, 11) is 2.15. The van der Waals surface area contributed by atoms with Crippen molar-refractivity contribution in [2.75, 3.05) is 13.1 Å². The minimum Gasteiger partial charge on any atom is -0.354 e. The molecule has 0 atom stereocenters. The highest BCUT2D eigenvalue weighted by atomic mass is 15.0. The molecule has 0 radical (unpaired) electrons. The predicted molar refractivity (Wildman–Crippen MR) is 74.7 cm³/mol. The maximum absolute atomic E-state index is 3.48. The third kappa shape index (κ3) is 1.77. The molecule has 2 heterocycles. The van der Waals surface area contributed by atoms with Crippen molar-refractivity contribution in [3.8, 4) is 0 Å². The highest BCUT2D eigenvalue weighted by Gasteiger charge is 2.37. The molecule has 2 heteroatoms. The quantitative estimate of drug-likeness (QED) is 0.854. The van der Waals surface area contributed by atoms with E-state index >= 15 is 0 Å². The maximum Gasteiger partial charge on any atom is 0.0379 e. The SMILES string of the molecule is Cn1cccc1C1(c2ccccc2)CCNCC1. The molecule has 94 valence electrons. The molecule has 1 aliphatic heterocycles. The molecule has 0 aliphatic carbocycles. The summed E-state index contributed by atoms with van der Waals surface area (Å²) in [5.41, 5.74) is 3.08. The van der Waals surface area contributed by atoms with Crippen molar-refractivity contribution in [1.29, 1.82) is 0 Å². The number of rotatable bonds is 2. The zero-order valence-corrected chi connectivity index (χ0v) is 10.9. The van der Waals surface area contributed by atoms with Crippen LogP contribution in [0.4, 0.5) is 0 Å². The molecule has 0 bridgehead atoms. The number of hydrogen-bond acceptors (Lipinski definition) is 1. The Balaban J connectivity index is 2.12. The van der Waals surface area contributed by atoms with Gasteiger partial charge in [-0.05, 0) is 43.6 Å². The molecule has 0 amide bonds. The van der Waals surface area contributed by atoms with E-state index in [-0.39, 0.29) is 5.41 Å². The first-order chi connectivity index (χ1) is 8.83. The Kier molecular flexibility index (Phi) is 2.96. The zero-order chi connectivity index (χ0) is 12.4. The van der Waals surface area contributed by atoms with Gasteiger partial charge in [-0.3, -0.25) is 0 Å². The second-order valence-corrected chi connectivity index (χ2v) is 5.20. The van der Waals surface area contributed by atoms with Gasteiger partial charge in [-0.15, -0.1) is 0 Å². The second-order valence-electron chi connectivity index (χ2n) is 5.20. The van der Waals surface area contributed by atoms with Gasteiger partial charge in [0.15, 0.2) is 0 Å². The average molecular weight is 240 g/mol. The molecule has 1 aromatic heterocycles. The molecule has 2 aromatic rings. The van der Waals surface area contributed by atoms with Crippen LogP contribution in [0.5, 0.6) is 0 Å². The number of nitrogens with one attached hydrogen (secondary N) is 1. The Morgan fingerprint density at radius 1 is 1.00 bits per heavy atom. The van der Waals surface area contributed by atoms with Gasteiger partial charge in [0.2, 0.25) is 0 Å². The molecule has 1 aromatic carbocycles. The smallest absolute Gasteiger partial charge is 0.0379 e. The maximum atomic E-state index is 3.48. The monoisotopic (exact) mass is 240 g/mol. The summed E-state index contributed by atoms with van der Waals surface area (Å²) in [5.74, 6) is 0. The van der Waals surface area contributed by atoms with Gasteiger partial charge in [-0.2, -0.15) is 0 Å². The van der Waals surface area contributed by atoms with Crippen molar-refractivity contribution in [2.24, 2.45) is 7.05 Å². The van der Waals surface area contributed by atoms with Crippen molar-refractivity contribution in [3.05, 3.63) is 59.9 Å². The number of benzene rings is 1. The van der Waals surface area contributed by atoms with Crippen molar-refractivity contribution < 1.29 is 0 Å². The highest BCUT2D eigenvalue weighted by molar-refractivity contribution is 5.37. The fourth-order valence-corrected chi connectivity index (χ4v) is 3.26. The fourth-order valence-electron chi connectivity index (χ4n) is 3.26. The van der Waals surface area contributed by atoms with Crippen molar-refractivity contribution in [1.82, 2.24) is 9.88 Å². The van der Waals surface area contributed by atoms with E-state index in [9.17, 15) is 0 Å². The molecule has 2 nitrogen and oxygen atoms in total. The normalized spacial score (nSPS) is 18.7. The number of aromatic nitrogens is 1. The van der Waals surface area contributed by atoms with Crippen LogP contribution in [0.2, 0.25) is 0 Å². The summed E-state index contributed by atoms with van der Waals surface area (Å²) < 4.78 is 2.28. The fraction of sp³-hybridized carbons (Fsp3) is 0.375. The minimum atomic E-state index is 0.185. The average Bonchev–Trinajstić information content (AvgIpc) is 2.87. The predicted octanol–water partition coefficient (Wildman–Crippen LogP) is 2.69.